The van der Waals surface area contributed by atoms with Gasteiger partial charge in [0.25, 0.3) is 0 Å². The predicted octanol–water partition coefficient (Wildman–Crippen LogP) is 3.56. The molecule has 0 saturated carbocycles. The Balaban J connectivity index is 0.000000164. The standard InChI is InChI=1S/C19H22N2O4.C16H18N2O3/c1-13(6-14-2-3-18-19(7-14)25-12-24-18)9-20-4-5-21-11-17(23)16(22)8-15(21)10-20;1-21-14-4-2-12(3-5-14)9-17-6-7-18-11-16(20)15(19)8-13(18)10-17/h2-3,7-8,11,13,23H,4-6,9-10,12H2,1H3;2-5,8,11,20H,6-7,9-10H2,1H3. The van der Waals surface area contributed by atoms with E-state index in [1.807, 2.05) is 27.3 Å². The minimum absolute atomic E-state index is 0.173. The molecule has 2 aromatic carbocycles. The zero-order valence-corrected chi connectivity index (χ0v) is 26.2. The second-order valence-corrected chi connectivity index (χ2v) is 12.2. The minimum Gasteiger partial charge on any atom is -0.503 e. The first kappa shape index (κ1) is 31.3. The molecular formula is C35H40N4O7. The van der Waals surface area contributed by atoms with Crippen LogP contribution in [-0.2, 0) is 39.1 Å². The summed E-state index contributed by atoms with van der Waals surface area (Å²) >= 11 is 0. The van der Waals surface area contributed by atoms with Gasteiger partial charge in [-0.15, -0.1) is 0 Å². The van der Waals surface area contributed by atoms with Crippen LogP contribution in [0.15, 0.2) is 76.6 Å². The van der Waals surface area contributed by atoms with Gasteiger partial charge < -0.3 is 33.6 Å². The summed E-state index contributed by atoms with van der Waals surface area (Å²) in [6.45, 7) is 9.16. The van der Waals surface area contributed by atoms with Crippen molar-refractivity contribution >= 4 is 0 Å². The summed E-state index contributed by atoms with van der Waals surface area (Å²) < 4.78 is 19.9. The average molecular weight is 629 g/mol. The predicted molar refractivity (Wildman–Crippen MR) is 173 cm³/mol. The van der Waals surface area contributed by atoms with Crippen LogP contribution in [0, 0.1) is 5.92 Å². The molecule has 11 heteroatoms. The van der Waals surface area contributed by atoms with Crippen LogP contribution in [0.4, 0.5) is 0 Å². The second kappa shape index (κ2) is 13.7. The number of rotatable bonds is 7. The maximum Gasteiger partial charge on any atom is 0.231 e. The van der Waals surface area contributed by atoms with Gasteiger partial charge in [-0.1, -0.05) is 25.1 Å². The monoisotopic (exact) mass is 628 g/mol. The lowest BCUT2D eigenvalue weighted by molar-refractivity contribution is 0.174. The maximum absolute atomic E-state index is 11.7. The number of aromatic hydroxyl groups is 2. The summed E-state index contributed by atoms with van der Waals surface area (Å²) in [7, 11) is 1.66. The molecule has 5 heterocycles. The van der Waals surface area contributed by atoms with Crippen LogP contribution in [0.3, 0.4) is 0 Å². The molecule has 2 N–H and O–H groups in total. The first-order valence-electron chi connectivity index (χ1n) is 15.5. The van der Waals surface area contributed by atoms with E-state index in [2.05, 4.69) is 41.0 Å². The van der Waals surface area contributed by atoms with Gasteiger partial charge >= 0.3 is 0 Å². The van der Waals surface area contributed by atoms with Crippen molar-refractivity contribution in [3.63, 3.8) is 0 Å². The Hall–Kier alpha value is -4.74. The maximum atomic E-state index is 11.7. The molecule has 242 valence electrons. The summed E-state index contributed by atoms with van der Waals surface area (Å²) in [6.07, 6.45) is 4.04. The molecule has 0 spiro atoms. The summed E-state index contributed by atoms with van der Waals surface area (Å²) in [6, 6.07) is 17.2. The number of hydrogen-bond donors (Lipinski definition) is 2. The highest BCUT2D eigenvalue weighted by molar-refractivity contribution is 5.44. The van der Waals surface area contributed by atoms with Gasteiger partial charge in [0.1, 0.15) is 5.75 Å². The van der Waals surface area contributed by atoms with Crippen molar-refractivity contribution in [1.29, 1.82) is 0 Å². The Kier molecular flexibility index (Phi) is 9.32. The highest BCUT2D eigenvalue weighted by atomic mass is 16.7. The summed E-state index contributed by atoms with van der Waals surface area (Å²) in [5.74, 6) is 2.63. The van der Waals surface area contributed by atoms with Crippen LogP contribution < -0.4 is 25.1 Å². The number of methoxy groups -OCH3 is 1. The first-order chi connectivity index (χ1) is 22.2. The van der Waals surface area contributed by atoms with E-state index in [1.165, 1.54) is 23.4 Å². The highest BCUT2D eigenvalue weighted by Gasteiger charge is 2.20. The van der Waals surface area contributed by atoms with Crippen molar-refractivity contribution in [2.45, 2.75) is 46.1 Å². The zero-order chi connectivity index (χ0) is 32.2. The van der Waals surface area contributed by atoms with Crippen LogP contribution >= 0.6 is 0 Å². The van der Waals surface area contributed by atoms with Gasteiger partial charge in [-0.2, -0.15) is 0 Å². The number of ether oxygens (including phenoxy) is 3. The van der Waals surface area contributed by atoms with Gasteiger partial charge in [0.2, 0.25) is 17.7 Å². The Labute approximate surface area is 267 Å². The number of benzene rings is 2. The van der Waals surface area contributed by atoms with Gasteiger partial charge in [-0.25, -0.2) is 0 Å². The fourth-order valence-electron chi connectivity index (χ4n) is 6.26. The van der Waals surface area contributed by atoms with E-state index in [0.717, 1.165) is 80.9 Å². The molecule has 4 aromatic rings. The SMILES string of the molecule is CC(Cc1ccc2c(c1)OCO2)CN1CCn2cc(O)c(=O)cc2C1.COc1ccc(CN2CCn3cc(O)c(=O)cc3C2)cc1. The van der Waals surface area contributed by atoms with Crippen LogP contribution in [-0.4, -0.2) is 62.7 Å². The third-order valence-electron chi connectivity index (χ3n) is 8.64. The van der Waals surface area contributed by atoms with E-state index in [0.29, 0.717) is 19.3 Å². The van der Waals surface area contributed by atoms with Gasteiger partial charge in [0.05, 0.1) is 19.5 Å². The minimum atomic E-state index is -0.312. The Morgan fingerprint density at radius 1 is 0.761 bits per heavy atom. The van der Waals surface area contributed by atoms with Crippen LogP contribution in [0.5, 0.6) is 28.7 Å². The summed E-state index contributed by atoms with van der Waals surface area (Å²) in [5, 5.41) is 19.0. The Morgan fingerprint density at radius 3 is 2.00 bits per heavy atom. The highest BCUT2D eigenvalue weighted by Crippen LogP contribution is 2.33. The molecule has 0 saturated heterocycles. The van der Waals surface area contributed by atoms with E-state index < -0.39 is 0 Å². The largest absolute Gasteiger partial charge is 0.503 e. The lowest BCUT2D eigenvalue weighted by Crippen LogP contribution is -2.37. The number of pyridine rings is 2. The quantitative estimate of drug-likeness (QED) is 0.317. The molecule has 46 heavy (non-hydrogen) atoms. The fraction of sp³-hybridized carbons (Fsp3) is 0.371. The normalized spacial score (nSPS) is 16.1. The van der Waals surface area contributed by atoms with Crippen molar-refractivity contribution in [2.24, 2.45) is 5.92 Å². The molecule has 0 amide bonds. The number of aromatic nitrogens is 2. The van der Waals surface area contributed by atoms with Crippen LogP contribution in [0.1, 0.15) is 29.4 Å². The third-order valence-corrected chi connectivity index (χ3v) is 8.64. The molecule has 11 nitrogen and oxygen atoms in total. The van der Waals surface area contributed by atoms with Crippen LogP contribution in [0.25, 0.3) is 0 Å². The lowest BCUT2D eigenvalue weighted by atomic mass is 10.00. The van der Waals surface area contributed by atoms with Crippen molar-refractivity contribution in [2.75, 3.05) is 33.5 Å². The number of fused-ring (bicyclic) bond motifs is 3. The van der Waals surface area contributed by atoms with Gasteiger partial charge in [0, 0.05) is 75.9 Å². The molecular weight excluding hydrogens is 588 g/mol. The molecule has 0 radical (unpaired) electrons. The van der Waals surface area contributed by atoms with E-state index in [-0.39, 0.29) is 22.4 Å². The summed E-state index contributed by atoms with van der Waals surface area (Å²) in [4.78, 5) is 27.8. The third kappa shape index (κ3) is 7.38. The molecule has 3 aliphatic rings. The second-order valence-electron chi connectivity index (χ2n) is 12.2. The number of hydrogen-bond acceptors (Lipinski definition) is 9. The molecule has 7 rings (SSSR count). The Bertz CT molecular complexity index is 1800. The van der Waals surface area contributed by atoms with E-state index in [4.69, 9.17) is 14.2 Å². The van der Waals surface area contributed by atoms with Crippen molar-refractivity contribution in [3.8, 4) is 28.7 Å². The van der Waals surface area contributed by atoms with Gasteiger partial charge in [0.15, 0.2) is 23.0 Å². The first-order valence-corrected chi connectivity index (χ1v) is 15.5. The molecule has 0 bridgehead atoms. The molecule has 2 aromatic heterocycles. The molecule has 3 aliphatic heterocycles. The van der Waals surface area contributed by atoms with E-state index in [9.17, 15) is 19.8 Å². The molecule has 0 aliphatic carbocycles. The number of nitrogens with zero attached hydrogens (tertiary/aromatic N) is 4. The van der Waals surface area contributed by atoms with Crippen molar-refractivity contribution in [3.05, 3.63) is 110 Å². The summed E-state index contributed by atoms with van der Waals surface area (Å²) in [5.41, 5.74) is 3.75. The van der Waals surface area contributed by atoms with Crippen molar-refractivity contribution in [1.82, 2.24) is 18.9 Å². The average Bonchev–Trinajstić information content (AvgIpc) is 3.51. The molecule has 1 unspecified atom stereocenters. The van der Waals surface area contributed by atoms with Crippen molar-refractivity contribution < 1.29 is 24.4 Å². The zero-order valence-electron chi connectivity index (χ0n) is 26.2. The fourth-order valence-corrected chi connectivity index (χ4v) is 6.26. The molecule has 0 fully saturated rings. The van der Waals surface area contributed by atoms with E-state index in [1.54, 1.807) is 19.4 Å². The lowest BCUT2D eigenvalue weighted by Gasteiger charge is -2.32. The van der Waals surface area contributed by atoms with Gasteiger partial charge in [-0.05, 0) is 47.7 Å². The van der Waals surface area contributed by atoms with Gasteiger partial charge in [-0.3, -0.25) is 19.4 Å². The topological polar surface area (TPSA) is 119 Å². The smallest absolute Gasteiger partial charge is 0.231 e. The van der Waals surface area contributed by atoms with E-state index >= 15 is 0 Å². The van der Waals surface area contributed by atoms with Crippen LogP contribution in [0.2, 0.25) is 0 Å². The Morgan fingerprint density at radius 2 is 1.35 bits per heavy atom. The molecule has 1 atom stereocenters.